The van der Waals surface area contributed by atoms with Crippen molar-refractivity contribution in [1.29, 1.82) is 0 Å². The zero-order valence-electron chi connectivity index (χ0n) is 19.5. The van der Waals surface area contributed by atoms with E-state index in [4.69, 9.17) is 4.74 Å². The van der Waals surface area contributed by atoms with Crippen molar-refractivity contribution in [3.8, 4) is 5.75 Å². The average Bonchev–Trinajstić information content (AvgIpc) is 2.81. The standard InChI is InChI=1S/C26H34N2O4S/c1-3-32-25-15-14-23(18-20(25)2)33(30,31)28-24(19-22-12-8-5-9-13-22)26(29)27-17-16-21-10-6-4-7-11-21/h5,8-10,12-15,18,24,28H,3-4,6-7,11,16-17,19H2,1-2H3,(H,27,29)/t24-/m0/s1. The van der Waals surface area contributed by atoms with Crippen LogP contribution in [0.25, 0.3) is 0 Å². The Balaban J connectivity index is 1.73. The molecule has 0 saturated heterocycles. The third kappa shape index (κ3) is 7.44. The SMILES string of the molecule is CCOc1ccc(S(=O)(=O)N[C@@H](Cc2ccccc2)C(=O)NCCC2=CCCCC2)cc1C. The molecule has 0 saturated carbocycles. The third-order valence-corrected chi connectivity index (χ3v) is 7.25. The van der Waals surface area contributed by atoms with Crippen LogP contribution in [0.3, 0.4) is 0 Å². The van der Waals surface area contributed by atoms with Gasteiger partial charge in [-0.1, -0.05) is 42.0 Å². The van der Waals surface area contributed by atoms with Gasteiger partial charge in [-0.3, -0.25) is 4.79 Å². The summed E-state index contributed by atoms with van der Waals surface area (Å²) in [5.41, 5.74) is 2.98. The first-order chi connectivity index (χ1) is 15.9. The maximum atomic E-state index is 13.1. The summed E-state index contributed by atoms with van der Waals surface area (Å²) < 4.78 is 34.4. The van der Waals surface area contributed by atoms with E-state index in [-0.39, 0.29) is 17.2 Å². The summed E-state index contributed by atoms with van der Waals surface area (Å²) in [5.74, 6) is 0.327. The Labute approximate surface area is 197 Å². The van der Waals surface area contributed by atoms with Crippen LogP contribution in [0.4, 0.5) is 0 Å². The minimum atomic E-state index is -3.90. The number of benzene rings is 2. The molecule has 0 radical (unpaired) electrons. The molecule has 0 bridgehead atoms. The van der Waals surface area contributed by atoms with E-state index < -0.39 is 16.1 Å². The van der Waals surface area contributed by atoms with Gasteiger partial charge in [0.15, 0.2) is 0 Å². The minimum absolute atomic E-state index is 0.113. The van der Waals surface area contributed by atoms with Crippen molar-refractivity contribution in [2.24, 2.45) is 0 Å². The lowest BCUT2D eigenvalue weighted by atomic mass is 9.97. The van der Waals surface area contributed by atoms with Gasteiger partial charge in [0.2, 0.25) is 15.9 Å². The van der Waals surface area contributed by atoms with E-state index in [1.54, 1.807) is 19.1 Å². The fourth-order valence-corrected chi connectivity index (χ4v) is 5.28. The highest BCUT2D eigenvalue weighted by molar-refractivity contribution is 7.89. The molecule has 1 amide bonds. The quantitative estimate of drug-likeness (QED) is 0.480. The average molecular weight is 471 g/mol. The number of rotatable bonds is 11. The fraction of sp³-hybridized carbons (Fsp3) is 0.423. The Morgan fingerprint density at radius 3 is 2.58 bits per heavy atom. The van der Waals surface area contributed by atoms with E-state index in [2.05, 4.69) is 16.1 Å². The second kappa shape index (κ2) is 12.0. The number of hydrogen-bond acceptors (Lipinski definition) is 4. The molecule has 0 aliphatic heterocycles. The molecule has 0 unspecified atom stereocenters. The van der Waals surface area contributed by atoms with Gasteiger partial charge >= 0.3 is 0 Å². The van der Waals surface area contributed by atoms with Gasteiger partial charge in [-0.2, -0.15) is 4.72 Å². The van der Waals surface area contributed by atoms with E-state index >= 15 is 0 Å². The summed E-state index contributed by atoms with van der Waals surface area (Å²) in [7, 11) is -3.90. The summed E-state index contributed by atoms with van der Waals surface area (Å²) in [4.78, 5) is 13.1. The van der Waals surface area contributed by atoms with Crippen molar-refractivity contribution < 1.29 is 17.9 Å². The van der Waals surface area contributed by atoms with Gasteiger partial charge in [0.25, 0.3) is 0 Å². The van der Waals surface area contributed by atoms with Gasteiger partial charge in [-0.15, -0.1) is 0 Å². The van der Waals surface area contributed by atoms with Gasteiger partial charge in [-0.25, -0.2) is 8.42 Å². The number of nitrogens with one attached hydrogen (secondary N) is 2. The Kier molecular flexibility index (Phi) is 9.09. The van der Waals surface area contributed by atoms with E-state index in [1.807, 2.05) is 37.3 Å². The number of hydrogen-bond donors (Lipinski definition) is 2. The van der Waals surface area contributed by atoms with E-state index in [1.165, 1.54) is 24.5 Å². The van der Waals surface area contributed by atoms with Crippen LogP contribution in [0.15, 0.2) is 65.1 Å². The van der Waals surface area contributed by atoms with E-state index in [0.717, 1.165) is 30.4 Å². The van der Waals surface area contributed by atoms with Crippen LogP contribution in [0.2, 0.25) is 0 Å². The smallest absolute Gasteiger partial charge is 0.241 e. The van der Waals surface area contributed by atoms with E-state index in [9.17, 15) is 13.2 Å². The summed E-state index contributed by atoms with van der Waals surface area (Å²) >= 11 is 0. The summed E-state index contributed by atoms with van der Waals surface area (Å²) in [6, 6.07) is 13.2. The second-order valence-corrected chi connectivity index (χ2v) is 10.1. The van der Waals surface area contributed by atoms with Crippen LogP contribution < -0.4 is 14.8 Å². The lowest BCUT2D eigenvalue weighted by Gasteiger charge is -2.20. The van der Waals surface area contributed by atoms with Gasteiger partial charge in [0.1, 0.15) is 11.8 Å². The maximum absolute atomic E-state index is 13.1. The molecule has 7 heteroatoms. The summed E-state index contributed by atoms with van der Waals surface area (Å²) in [6.45, 7) is 4.68. The molecule has 6 nitrogen and oxygen atoms in total. The van der Waals surface area contributed by atoms with Crippen LogP contribution in [0, 0.1) is 6.92 Å². The van der Waals surface area contributed by atoms with E-state index in [0.29, 0.717) is 18.9 Å². The third-order valence-electron chi connectivity index (χ3n) is 5.78. The zero-order valence-corrected chi connectivity index (χ0v) is 20.3. The second-order valence-electron chi connectivity index (χ2n) is 8.37. The van der Waals surface area contributed by atoms with Crippen molar-refractivity contribution in [3.05, 3.63) is 71.3 Å². The van der Waals surface area contributed by atoms with Crippen molar-refractivity contribution in [2.75, 3.05) is 13.2 Å². The summed E-state index contributed by atoms with van der Waals surface area (Å²) in [6.07, 6.45) is 7.92. The van der Waals surface area contributed by atoms with Crippen molar-refractivity contribution in [3.63, 3.8) is 0 Å². The van der Waals surface area contributed by atoms with Crippen LogP contribution in [-0.4, -0.2) is 33.5 Å². The number of ether oxygens (including phenoxy) is 1. The molecule has 1 aliphatic rings. The molecule has 1 atom stereocenters. The Bertz CT molecular complexity index is 1060. The molecule has 0 aromatic heterocycles. The number of amides is 1. The molecule has 2 aromatic rings. The maximum Gasteiger partial charge on any atom is 0.241 e. The Hall–Kier alpha value is -2.64. The predicted octanol–water partition coefficient (Wildman–Crippen LogP) is 4.29. The van der Waals surface area contributed by atoms with Crippen molar-refractivity contribution in [2.45, 2.75) is 63.3 Å². The topological polar surface area (TPSA) is 84.5 Å². The fourth-order valence-electron chi connectivity index (χ4n) is 4.00. The number of aryl methyl sites for hydroxylation is 1. The first-order valence-electron chi connectivity index (χ1n) is 11.6. The van der Waals surface area contributed by atoms with Crippen molar-refractivity contribution in [1.82, 2.24) is 10.0 Å². The number of allylic oxidation sites excluding steroid dienone is 1. The zero-order chi connectivity index (χ0) is 23.7. The lowest BCUT2D eigenvalue weighted by molar-refractivity contribution is -0.122. The Morgan fingerprint density at radius 2 is 1.91 bits per heavy atom. The molecule has 1 aliphatic carbocycles. The molecule has 33 heavy (non-hydrogen) atoms. The molecule has 0 fully saturated rings. The van der Waals surface area contributed by atoms with Crippen LogP contribution in [-0.2, 0) is 21.2 Å². The number of carbonyl (C=O) groups is 1. The minimum Gasteiger partial charge on any atom is -0.494 e. The molecule has 2 N–H and O–H groups in total. The number of sulfonamides is 1. The molecule has 0 spiro atoms. The monoisotopic (exact) mass is 470 g/mol. The highest BCUT2D eigenvalue weighted by atomic mass is 32.2. The predicted molar refractivity (Wildman–Crippen MR) is 131 cm³/mol. The highest BCUT2D eigenvalue weighted by Crippen LogP contribution is 2.22. The van der Waals surface area contributed by atoms with Gasteiger partial charge in [-0.05, 0) is 81.7 Å². The Morgan fingerprint density at radius 1 is 1.12 bits per heavy atom. The molecular formula is C26H34N2O4S. The molecular weight excluding hydrogens is 436 g/mol. The summed E-state index contributed by atoms with van der Waals surface area (Å²) in [5, 5.41) is 2.93. The normalized spacial score (nSPS) is 14.9. The van der Waals surface area contributed by atoms with Crippen molar-refractivity contribution >= 4 is 15.9 Å². The van der Waals surface area contributed by atoms with Gasteiger partial charge in [0, 0.05) is 6.54 Å². The van der Waals surface area contributed by atoms with Crippen LogP contribution in [0.1, 0.15) is 50.2 Å². The van der Waals surface area contributed by atoms with Gasteiger partial charge < -0.3 is 10.1 Å². The molecule has 178 valence electrons. The molecule has 2 aromatic carbocycles. The highest BCUT2D eigenvalue weighted by Gasteiger charge is 2.26. The van der Waals surface area contributed by atoms with Gasteiger partial charge in [0.05, 0.1) is 11.5 Å². The first-order valence-corrected chi connectivity index (χ1v) is 13.1. The number of carbonyl (C=O) groups excluding carboxylic acids is 1. The first kappa shape index (κ1) is 25.0. The van der Waals surface area contributed by atoms with Crippen LogP contribution in [0.5, 0.6) is 5.75 Å². The largest absolute Gasteiger partial charge is 0.494 e. The van der Waals surface area contributed by atoms with Crippen LogP contribution >= 0.6 is 0 Å². The molecule has 3 rings (SSSR count). The lowest BCUT2D eigenvalue weighted by Crippen LogP contribution is -2.48. The molecule has 0 heterocycles.